The molecule has 2 atom stereocenters. The molecule has 3 aliphatic rings. The van der Waals surface area contributed by atoms with Gasteiger partial charge in [-0.2, -0.15) is 13.2 Å². The third-order valence-electron chi connectivity index (χ3n) is 8.21. The van der Waals surface area contributed by atoms with Crippen molar-refractivity contribution in [1.29, 1.82) is 0 Å². The molecule has 0 aliphatic carbocycles. The smallest absolute Gasteiger partial charge is 0.416 e. The first kappa shape index (κ1) is 27.1. The number of benzene rings is 2. The van der Waals surface area contributed by atoms with E-state index in [9.17, 15) is 22.8 Å². The van der Waals surface area contributed by atoms with E-state index >= 15 is 0 Å². The van der Waals surface area contributed by atoms with Gasteiger partial charge in [-0.25, -0.2) is 0 Å². The number of piperazine rings is 1. The fourth-order valence-electron chi connectivity index (χ4n) is 6.22. The molecule has 10 heteroatoms. The van der Waals surface area contributed by atoms with Crippen LogP contribution < -0.4 is 14.5 Å². The highest BCUT2D eigenvalue weighted by Crippen LogP contribution is 2.42. The van der Waals surface area contributed by atoms with Crippen molar-refractivity contribution in [2.45, 2.75) is 38.4 Å². The lowest BCUT2D eigenvalue weighted by Crippen LogP contribution is -2.62. The summed E-state index contributed by atoms with van der Waals surface area (Å²) in [6.45, 7) is 4.69. The molecule has 0 spiro atoms. The zero-order chi connectivity index (χ0) is 27.7. The Hall–Kier alpha value is -3.43. The number of rotatable bonds is 5. The van der Waals surface area contributed by atoms with E-state index in [0.29, 0.717) is 57.7 Å². The summed E-state index contributed by atoms with van der Waals surface area (Å²) in [5.41, 5.74) is 1.54. The number of anilines is 2. The van der Waals surface area contributed by atoms with Crippen LogP contribution in [0.1, 0.15) is 30.9 Å². The van der Waals surface area contributed by atoms with Gasteiger partial charge >= 0.3 is 12.1 Å². The highest BCUT2D eigenvalue weighted by atomic mass is 19.4. The molecule has 3 heterocycles. The molecule has 210 valence electrons. The Kier molecular flexibility index (Phi) is 7.64. The summed E-state index contributed by atoms with van der Waals surface area (Å²) < 4.78 is 51.4. The van der Waals surface area contributed by atoms with Gasteiger partial charge in [0.1, 0.15) is 5.75 Å². The molecule has 0 radical (unpaired) electrons. The zero-order valence-electron chi connectivity index (χ0n) is 22.2. The van der Waals surface area contributed by atoms with Crippen molar-refractivity contribution in [3.8, 4) is 5.75 Å². The molecule has 5 rings (SSSR count). The molecule has 2 aromatic rings. The predicted molar refractivity (Wildman–Crippen MR) is 141 cm³/mol. The molecule has 0 bridgehead atoms. The normalized spacial score (nSPS) is 21.7. The number of esters is 1. The molecule has 0 saturated carbocycles. The second kappa shape index (κ2) is 11.0. The minimum absolute atomic E-state index is 0.0720. The molecule has 1 amide bonds. The fourth-order valence-corrected chi connectivity index (χ4v) is 6.22. The Labute approximate surface area is 226 Å². The lowest BCUT2D eigenvalue weighted by Gasteiger charge is -2.50. The molecule has 0 aromatic heterocycles. The van der Waals surface area contributed by atoms with Crippen LogP contribution in [-0.4, -0.2) is 69.3 Å². The van der Waals surface area contributed by atoms with Gasteiger partial charge in [0.25, 0.3) is 0 Å². The highest BCUT2D eigenvalue weighted by molar-refractivity contribution is 5.83. The van der Waals surface area contributed by atoms with Crippen molar-refractivity contribution >= 4 is 23.3 Å². The van der Waals surface area contributed by atoms with E-state index in [0.717, 1.165) is 23.2 Å². The topological polar surface area (TPSA) is 62.3 Å². The van der Waals surface area contributed by atoms with Crippen LogP contribution in [0.25, 0.3) is 0 Å². The van der Waals surface area contributed by atoms with Crippen LogP contribution in [0.3, 0.4) is 0 Å². The number of carbonyl (C=O) groups excluding carboxylic acids is 2. The van der Waals surface area contributed by atoms with Gasteiger partial charge in [-0.3, -0.25) is 9.59 Å². The van der Waals surface area contributed by atoms with Gasteiger partial charge in [0.2, 0.25) is 5.91 Å². The summed E-state index contributed by atoms with van der Waals surface area (Å²) >= 11 is 0. The van der Waals surface area contributed by atoms with Crippen LogP contribution >= 0.6 is 0 Å². The quantitative estimate of drug-likeness (QED) is 0.520. The average molecular weight is 546 g/mol. The maximum absolute atomic E-state index is 14.0. The standard InChI is InChI=1S/C29H34F3N3O4/c1-3-39-28(37)19-10-12-33(13-11-19)27(36)22-17-20-16-21(29(30,31)32)8-9-23(20)35-15-14-34(18-25(22)35)24-6-4-5-7-26(24)38-2/h4-9,16,19,22,25H,3,10-15,17-18H2,1-2H3. The van der Waals surface area contributed by atoms with Gasteiger partial charge in [0.05, 0.1) is 42.8 Å². The number of hydrogen-bond donors (Lipinski definition) is 0. The molecule has 39 heavy (non-hydrogen) atoms. The number of halogens is 3. The van der Waals surface area contributed by atoms with E-state index < -0.39 is 17.7 Å². The number of fused-ring (bicyclic) bond motifs is 3. The Bertz CT molecular complexity index is 1210. The Morgan fingerprint density at radius 2 is 1.74 bits per heavy atom. The van der Waals surface area contributed by atoms with Gasteiger partial charge in [-0.05, 0) is 62.1 Å². The summed E-state index contributed by atoms with van der Waals surface area (Å²) in [5, 5.41) is 0. The number of nitrogens with zero attached hydrogens (tertiary/aromatic N) is 3. The average Bonchev–Trinajstić information content (AvgIpc) is 2.95. The summed E-state index contributed by atoms with van der Waals surface area (Å²) in [6, 6.07) is 11.4. The van der Waals surface area contributed by atoms with Gasteiger partial charge in [0.15, 0.2) is 0 Å². The molecule has 0 N–H and O–H groups in total. The van der Waals surface area contributed by atoms with E-state index in [1.54, 1.807) is 25.0 Å². The van der Waals surface area contributed by atoms with Gasteiger partial charge < -0.3 is 24.2 Å². The number of para-hydroxylation sites is 2. The van der Waals surface area contributed by atoms with E-state index in [-0.39, 0.29) is 30.3 Å². The lowest BCUT2D eigenvalue weighted by molar-refractivity contribution is -0.152. The molecular formula is C29H34F3N3O4. The summed E-state index contributed by atoms with van der Waals surface area (Å²) in [6.07, 6.45) is -3.18. The highest BCUT2D eigenvalue weighted by Gasteiger charge is 2.45. The van der Waals surface area contributed by atoms with Gasteiger partial charge in [-0.15, -0.1) is 0 Å². The zero-order valence-corrected chi connectivity index (χ0v) is 22.2. The number of ether oxygens (including phenoxy) is 2. The molecule has 2 saturated heterocycles. The summed E-state index contributed by atoms with van der Waals surface area (Å²) in [5.74, 6) is -0.319. The summed E-state index contributed by atoms with van der Waals surface area (Å²) in [7, 11) is 1.62. The van der Waals surface area contributed by atoms with Crippen LogP contribution in [0, 0.1) is 11.8 Å². The SMILES string of the molecule is CCOC(=O)C1CCN(C(=O)C2Cc3cc(C(F)(F)F)ccc3N3CCN(c4ccccc4OC)CC23)CC1. The van der Waals surface area contributed by atoms with Crippen LogP contribution in [0.2, 0.25) is 0 Å². The minimum atomic E-state index is -4.46. The Morgan fingerprint density at radius 1 is 1.00 bits per heavy atom. The van der Waals surface area contributed by atoms with Crippen molar-refractivity contribution in [3.63, 3.8) is 0 Å². The number of hydrogen-bond acceptors (Lipinski definition) is 6. The van der Waals surface area contributed by atoms with Crippen LogP contribution in [0.5, 0.6) is 5.75 Å². The van der Waals surface area contributed by atoms with Crippen molar-refractivity contribution < 1.29 is 32.2 Å². The number of piperidine rings is 1. The predicted octanol–water partition coefficient (Wildman–Crippen LogP) is 4.38. The largest absolute Gasteiger partial charge is 0.495 e. The molecule has 2 unspecified atom stereocenters. The van der Waals surface area contributed by atoms with Crippen molar-refractivity contribution in [2.75, 3.05) is 56.2 Å². The van der Waals surface area contributed by atoms with Crippen LogP contribution in [0.15, 0.2) is 42.5 Å². The van der Waals surface area contributed by atoms with Crippen LogP contribution in [0.4, 0.5) is 24.5 Å². The monoisotopic (exact) mass is 545 g/mol. The van der Waals surface area contributed by atoms with E-state index in [4.69, 9.17) is 9.47 Å². The third-order valence-corrected chi connectivity index (χ3v) is 8.21. The van der Waals surface area contributed by atoms with Crippen LogP contribution in [-0.2, 0) is 26.9 Å². The van der Waals surface area contributed by atoms with Crippen molar-refractivity contribution in [1.82, 2.24) is 4.90 Å². The summed E-state index contributed by atoms with van der Waals surface area (Å²) in [4.78, 5) is 32.3. The Morgan fingerprint density at radius 3 is 2.44 bits per heavy atom. The van der Waals surface area contributed by atoms with E-state index in [1.165, 1.54) is 6.07 Å². The molecule has 7 nitrogen and oxygen atoms in total. The second-order valence-electron chi connectivity index (χ2n) is 10.4. The lowest BCUT2D eigenvalue weighted by atomic mass is 9.81. The van der Waals surface area contributed by atoms with Gasteiger partial charge in [0, 0.05) is 38.4 Å². The van der Waals surface area contributed by atoms with Crippen molar-refractivity contribution in [2.24, 2.45) is 11.8 Å². The van der Waals surface area contributed by atoms with Gasteiger partial charge in [-0.1, -0.05) is 12.1 Å². The van der Waals surface area contributed by atoms with E-state index in [1.807, 2.05) is 24.3 Å². The molecular weight excluding hydrogens is 511 g/mol. The molecule has 2 aromatic carbocycles. The first-order valence-corrected chi connectivity index (χ1v) is 13.5. The second-order valence-corrected chi connectivity index (χ2v) is 10.4. The third kappa shape index (κ3) is 5.38. The fraction of sp³-hybridized carbons (Fsp3) is 0.517. The maximum Gasteiger partial charge on any atom is 0.416 e. The maximum atomic E-state index is 14.0. The number of alkyl halides is 3. The number of carbonyl (C=O) groups is 2. The van der Waals surface area contributed by atoms with Crippen molar-refractivity contribution in [3.05, 3.63) is 53.6 Å². The molecule has 2 fully saturated rings. The number of methoxy groups -OCH3 is 1. The number of amides is 1. The Balaban J connectivity index is 1.43. The first-order valence-electron chi connectivity index (χ1n) is 13.5. The first-order chi connectivity index (χ1) is 18.7. The number of likely N-dealkylation sites (tertiary alicyclic amines) is 1. The molecule has 3 aliphatic heterocycles. The minimum Gasteiger partial charge on any atom is -0.495 e. The van der Waals surface area contributed by atoms with E-state index in [2.05, 4.69) is 9.80 Å².